The van der Waals surface area contributed by atoms with Crippen molar-refractivity contribution in [1.29, 1.82) is 0 Å². The van der Waals surface area contributed by atoms with E-state index in [0.717, 1.165) is 31.6 Å². The zero-order valence-corrected chi connectivity index (χ0v) is 14.8. The summed E-state index contributed by atoms with van der Waals surface area (Å²) in [4.78, 5) is 26.6. The Kier molecular flexibility index (Phi) is 4.97. The van der Waals surface area contributed by atoms with Gasteiger partial charge < -0.3 is 25.0 Å². The number of ether oxygens (including phenoxy) is 2. The molecule has 2 N–H and O–H groups in total. The number of carbonyl (C=O) groups is 2. The molecule has 1 aromatic rings. The molecule has 0 spiro atoms. The minimum absolute atomic E-state index is 0.0241. The van der Waals surface area contributed by atoms with Crippen LogP contribution in [-0.2, 0) is 9.59 Å². The molecule has 2 fully saturated rings. The lowest BCUT2D eigenvalue weighted by Crippen LogP contribution is -2.40. The maximum Gasteiger partial charge on any atom is 0.227 e. The topological polar surface area (TPSA) is 79.9 Å². The van der Waals surface area contributed by atoms with E-state index in [-0.39, 0.29) is 24.2 Å². The van der Waals surface area contributed by atoms with E-state index >= 15 is 0 Å². The molecule has 3 aliphatic rings. The first-order chi connectivity index (χ1) is 12.7. The van der Waals surface area contributed by atoms with Gasteiger partial charge in [0.1, 0.15) is 13.2 Å². The number of amides is 2. The van der Waals surface area contributed by atoms with Gasteiger partial charge in [-0.1, -0.05) is 0 Å². The lowest BCUT2D eigenvalue weighted by Gasteiger charge is -2.24. The van der Waals surface area contributed by atoms with Crippen LogP contribution in [0.15, 0.2) is 18.2 Å². The Morgan fingerprint density at radius 1 is 1.27 bits per heavy atom. The highest BCUT2D eigenvalue weighted by molar-refractivity contribution is 6.00. The number of carbonyl (C=O) groups excluding carboxylic acids is 2. The average molecular weight is 359 g/mol. The molecule has 140 valence electrons. The Balaban J connectivity index is 1.36. The number of hydrogen-bond acceptors (Lipinski definition) is 5. The van der Waals surface area contributed by atoms with Crippen molar-refractivity contribution in [3.05, 3.63) is 18.2 Å². The van der Waals surface area contributed by atoms with Crippen molar-refractivity contribution < 1.29 is 19.1 Å². The molecule has 3 aliphatic heterocycles. The second kappa shape index (κ2) is 7.53. The van der Waals surface area contributed by atoms with Gasteiger partial charge >= 0.3 is 0 Å². The summed E-state index contributed by atoms with van der Waals surface area (Å²) in [6.45, 7) is 4.15. The zero-order chi connectivity index (χ0) is 17.9. The lowest BCUT2D eigenvalue weighted by atomic mass is 9.99. The van der Waals surface area contributed by atoms with Gasteiger partial charge in [0, 0.05) is 31.3 Å². The minimum Gasteiger partial charge on any atom is -0.486 e. The predicted molar refractivity (Wildman–Crippen MR) is 96.5 cm³/mol. The summed E-state index contributed by atoms with van der Waals surface area (Å²) in [5, 5.41) is 6.39. The molecular weight excluding hydrogens is 334 g/mol. The normalized spacial score (nSPS) is 25.2. The summed E-state index contributed by atoms with van der Waals surface area (Å²) in [6.07, 6.45) is 2.55. The first kappa shape index (κ1) is 17.1. The quantitative estimate of drug-likeness (QED) is 0.836. The molecule has 7 heteroatoms. The molecule has 2 atom stereocenters. The molecule has 4 rings (SSSR count). The Bertz CT molecular complexity index is 687. The van der Waals surface area contributed by atoms with E-state index < -0.39 is 0 Å². The third-order valence-electron chi connectivity index (χ3n) is 5.30. The lowest BCUT2D eigenvalue weighted by molar-refractivity contribution is -0.126. The highest BCUT2D eigenvalue weighted by Crippen LogP contribution is 2.35. The average Bonchev–Trinajstić information content (AvgIpc) is 3.08. The monoisotopic (exact) mass is 359 g/mol. The molecule has 2 unspecified atom stereocenters. The van der Waals surface area contributed by atoms with Crippen LogP contribution < -0.4 is 25.0 Å². The van der Waals surface area contributed by atoms with Crippen molar-refractivity contribution in [1.82, 2.24) is 10.6 Å². The van der Waals surface area contributed by atoms with Crippen LogP contribution in [0.3, 0.4) is 0 Å². The summed E-state index contributed by atoms with van der Waals surface area (Å²) in [7, 11) is 0. The van der Waals surface area contributed by atoms with E-state index in [4.69, 9.17) is 9.47 Å². The maximum atomic E-state index is 12.5. The van der Waals surface area contributed by atoms with Crippen LogP contribution in [-0.4, -0.2) is 51.2 Å². The number of anilines is 1. The molecule has 7 nitrogen and oxygen atoms in total. The van der Waals surface area contributed by atoms with Gasteiger partial charge in [0.05, 0.1) is 5.92 Å². The SMILES string of the molecule is O=C(NCC1CCCNC1)C1CC(=O)N(c2ccc3c(c2)OCCO3)C1. The van der Waals surface area contributed by atoms with Crippen LogP contribution >= 0.6 is 0 Å². The van der Waals surface area contributed by atoms with Crippen molar-refractivity contribution in [3.8, 4) is 11.5 Å². The number of benzene rings is 1. The van der Waals surface area contributed by atoms with E-state index in [0.29, 0.717) is 43.7 Å². The van der Waals surface area contributed by atoms with Crippen molar-refractivity contribution in [2.75, 3.05) is 44.3 Å². The molecule has 0 radical (unpaired) electrons. The smallest absolute Gasteiger partial charge is 0.227 e. The van der Waals surface area contributed by atoms with Gasteiger partial charge in [0.2, 0.25) is 11.8 Å². The molecule has 2 amide bonds. The van der Waals surface area contributed by atoms with Crippen LogP contribution in [0.1, 0.15) is 19.3 Å². The number of nitrogens with one attached hydrogen (secondary N) is 2. The van der Waals surface area contributed by atoms with Gasteiger partial charge in [-0.2, -0.15) is 0 Å². The largest absolute Gasteiger partial charge is 0.486 e. The van der Waals surface area contributed by atoms with E-state index in [1.165, 1.54) is 0 Å². The third-order valence-corrected chi connectivity index (χ3v) is 5.30. The van der Waals surface area contributed by atoms with E-state index in [9.17, 15) is 9.59 Å². The highest BCUT2D eigenvalue weighted by atomic mass is 16.6. The number of hydrogen-bond donors (Lipinski definition) is 2. The maximum absolute atomic E-state index is 12.5. The fourth-order valence-corrected chi connectivity index (χ4v) is 3.82. The fourth-order valence-electron chi connectivity index (χ4n) is 3.82. The summed E-state index contributed by atoms with van der Waals surface area (Å²) >= 11 is 0. The standard InChI is InChI=1S/C19H25N3O4/c23-18-8-14(19(24)21-11-13-2-1-5-20-10-13)12-22(18)15-3-4-16-17(9-15)26-7-6-25-16/h3-4,9,13-14,20H,1-2,5-8,10-12H2,(H,21,24). The summed E-state index contributed by atoms with van der Waals surface area (Å²) in [6, 6.07) is 5.49. The van der Waals surface area contributed by atoms with Crippen LogP contribution in [0.2, 0.25) is 0 Å². The van der Waals surface area contributed by atoms with Crippen molar-refractivity contribution >= 4 is 17.5 Å². The van der Waals surface area contributed by atoms with Gasteiger partial charge in [-0.3, -0.25) is 9.59 Å². The van der Waals surface area contributed by atoms with Crippen LogP contribution in [0.5, 0.6) is 11.5 Å². The second-order valence-corrected chi connectivity index (χ2v) is 7.19. The zero-order valence-electron chi connectivity index (χ0n) is 14.8. The van der Waals surface area contributed by atoms with Gasteiger partial charge in [-0.25, -0.2) is 0 Å². The van der Waals surface area contributed by atoms with Crippen LogP contribution in [0, 0.1) is 11.8 Å². The van der Waals surface area contributed by atoms with Gasteiger partial charge in [0.15, 0.2) is 11.5 Å². The number of rotatable bonds is 4. The Hall–Kier alpha value is -2.28. The van der Waals surface area contributed by atoms with E-state index in [1.807, 2.05) is 18.2 Å². The van der Waals surface area contributed by atoms with E-state index in [1.54, 1.807) is 4.90 Å². The third kappa shape index (κ3) is 3.62. The molecule has 3 heterocycles. The molecule has 0 aromatic heterocycles. The van der Waals surface area contributed by atoms with Crippen molar-refractivity contribution in [2.45, 2.75) is 19.3 Å². The number of nitrogens with zero attached hydrogens (tertiary/aromatic N) is 1. The predicted octanol–water partition coefficient (Wildman–Crippen LogP) is 0.926. The number of fused-ring (bicyclic) bond motifs is 1. The Morgan fingerprint density at radius 3 is 2.92 bits per heavy atom. The van der Waals surface area contributed by atoms with Crippen LogP contribution in [0.25, 0.3) is 0 Å². The Morgan fingerprint density at radius 2 is 2.12 bits per heavy atom. The summed E-state index contributed by atoms with van der Waals surface area (Å²) < 4.78 is 11.1. The van der Waals surface area contributed by atoms with Gasteiger partial charge in [-0.05, 0) is 44.0 Å². The molecule has 0 bridgehead atoms. The molecular formula is C19H25N3O4. The van der Waals surface area contributed by atoms with Crippen LogP contribution in [0.4, 0.5) is 5.69 Å². The molecule has 26 heavy (non-hydrogen) atoms. The molecule has 0 saturated carbocycles. The molecule has 2 saturated heterocycles. The number of piperidine rings is 1. The first-order valence-electron chi connectivity index (χ1n) is 9.39. The molecule has 1 aromatic carbocycles. The molecule has 0 aliphatic carbocycles. The highest BCUT2D eigenvalue weighted by Gasteiger charge is 2.35. The van der Waals surface area contributed by atoms with Gasteiger partial charge in [-0.15, -0.1) is 0 Å². The second-order valence-electron chi connectivity index (χ2n) is 7.19. The Labute approximate surface area is 153 Å². The first-order valence-corrected chi connectivity index (χ1v) is 9.39. The van der Waals surface area contributed by atoms with Crippen molar-refractivity contribution in [2.24, 2.45) is 11.8 Å². The van der Waals surface area contributed by atoms with Gasteiger partial charge in [0.25, 0.3) is 0 Å². The minimum atomic E-state index is -0.299. The fraction of sp³-hybridized carbons (Fsp3) is 0.579. The summed E-state index contributed by atoms with van der Waals surface area (Å²) in [5.41, 5.74) is 0.756. The summed E-state index contributed by atoms with van der Waals surface area (Å²) in [5.74, 6) is 1.48. The van der Waals surface area contributed by atoms with E-state index in [2.05, 4.69) is 10.6 Å². The van der Waals surface area contributed by atoms with Crippen molar-refractivity contribution in [3.63, 3.8) is 0 Å².